The molecule has 1 fully saturated rings. The molecule has 1 atom stereocenters. The van der Waals surface area contributed by atoms with Crippen LogP contribution in [0.15, 0.2) is 17.5 Å². The van der Waals surface area contributed by atoms with E-state index in [1.807, 2.05) is 0 Å². The Morgan fingerprint density at radius 2 is 2.33 bits per heavy atom. The molecular formula is C16H23N5O3. The van der Waals surface area contributed by atoms with Crippen LogP contribution in [0.4, 0.5) is 5.82 Å². The number of carbonyl (C=O) groups is 1. The molecule has 1 aromatic heterocycles. The molecule has 8 heteroatoms. The molecule has 1 saturated heterocycles. The van der Waals surface area contributed by atoms with Gasteiger partial charge in [0, 0.05) is 32.0 Å². The minimum atomic E-state index is -0.442. The largest absolute Gasteiger partial charge is 0.481 e. The Morgan fingerprint density at radius 3 is 3.08 bits per heavy atom. The summed E-state index contributed by atoms with van der Waals surface area (Å²) in [5.74, 6) is 1.58. The first-order chi connectivity index (χ1) is 11.5. The van der Waals surface area contributed by atoms with E-state index in [9.17, 15) is 4.79 Å². The molecule has 3 rings (SSSR count). The minimum Gasteiger partial charge on any atom is -0.481 e. The predicted octanol–water partition coefficient (Wildman–Crippen LogP) is 0.983. The second-order valence-corrected chi connectivity index (χ2v) is 6.68. The standard InChI is InChI=1S/C16H23N5O3/c1-11(2)8-17-15(22)12-7-16(24-20-12)4-5-21(9-16)13-6-14(23-3)19-10-18-13/h6,10-11H,4-5,7-9H2,1-3H3,(H,17,22). The van der Waals surface area contributed by atoms with E-state index >= 15 is 0 Å². The van der Waals surface area contributed by atoms with Gasteiger partial charge in [-0.05, 0) is 5.92 Å². The predicted molar refractivity (Wildman–Crippen MR) is 89.1 cm³/mol. The number of carbonyl (C=O) groups excluding carboxylic acids is 1. The maximum atomic E-state index is 12.2. The monoisotopic (exact) mass is 333 g/mol. The molecular weight excluding hydrogens is 310 g/mol. The summed E-state index contributed by atoms with van der Waals surface area (Å²) >= 11 is 0. The van der Waals surface area contributed by atoms with Gasteiger partial charge in [-0.1, -0.05) is 19.0 Å². The Bertz CT molecular complexity index is 648. The SMILES string of the molecule is COc1cc(N2CCC3(CC(C(=O)NCC(C)C)=NO3)C2)ncn1. The number of aromatic nitrogens is 2. The van der Waals surface area contributed by atoms with Crippen molar-refractivity contribution in [1.82, 2.24) is 15.3 Å². The lowest BCUT2D eigenvalue weighted by atomic mass is 9.96. The summed E-state index contributed by atoms with van der Waals surface area (Å²) < 4.78 is 5.14. The lowest BCUT2D eigenvalue weighted by Crippen LogP contribution is -2.38. The van der Waals surface area contributed by atoms with Gasteiger partial charge in [0.25, 0.3) is 5.91 Å². The van der Waals surface area contributed by atoms with Crippen LogP contribution >= 0.6 is 0 Å². The lowest BCUT2D eigenvalue weighted by molar-refractivity contribution is -0.115. The summed E-state index contributed by atoms with van der Waals surface area (Å²) in [7, 11) is 1.58. The van der Waals surface area contributed by atoms with Gasteiger partial charge in [-0.15, -0.1) is 0 Å². The summed E-state index contributed by atoms with van der Waals surface area (Å²) in [6, 6.07) is 1.80. The minimum absolute atomic E-state index is 0.136. The molecule has 130 valence electrons. The van der Waals surface area contributed by atoms with Crippen molar-refractivity contribution < 1.29 is 14.4 Å². The van der Waals surface area contributed by atoms with E-state index in [2.05, 4.69) is 39.2 Å². The van der Waals surface area contributed by atoms with Crippen molar-refractivity contribution in [2.24, 2.45) is 11.1 Å². The Morgan fingerprint density at radius 1 is 1.50 bits per heavy atom. The molecule has 0 bridgehead atoms. The molecule has 24 heavy (non-hydrogen) atoms. The first-order valence-corrected chi connectivity index (χ1v) is 8.15. The number of oxime groups is 1. The number of ether oxygens (including phenoxy) is 1. The zero-order valence-corrected chi connectivity index (χ0v) is 14.3. The van der Waals surface area contributed by atoms with Crippen LogP contribution in [0.3, 0.4) is 0 Å². The van der Waals surface area contributed by atoms with E-state index in [0.717, 1.165) is 18.8 Å². The van der Waals surface area contributed by atoms with Crippen LogP contribution < -0.4 is 15.0 Å². The third-order valence-electron chi connectivity index (χ3n) is 4.25. The number of anilines is 1. The van der Waals surface area contributed by atoms with E-state index < -0.39 is 5.60 Å². The van der Waals surface area contributed by atoms with Crippen LogP contribution in [-0.2, 0) is 9.63 Å². The van der Waals surface area contributed by atoms with E-state index in [1.54, 1.807) is 13.2 Å². The first-order valence-electron chi connectivity index (χ1n) is 8.15. The highest BCUT2D eigenvalue weighted by Crippen LogP contribution is 2.35. The molecule has 2 aliphatic heterocycles. The Labute approximate surface area is 141 Å². The third kappa shape index (κ3) is 3.42. The fourth-order valence-electron chi connectivity index (χ4n) is 2.92. The van der Waals surface area contributed by atoms with Gasteiger partial charge in [0.05, 0.1) is 13.7 Å². The third-order valence-corrected chi connectivity index (χ3v) is 4.25. The number of amides is 1. The van der Waals surface area contributed by atoms with Gasteiger partial charge in [0.2, 0.25) is 5.88 Å². The van der Waals surface area contributed by atoms with Crippen LogP contribution in [-0.4, -0.2) is 53.9 Å². The number of nitrogens with zero attached hydrogens (tertiary/aromatic N) is 4. The molecule has 0 aromatic carbocycles. The Hall–Kier alpha value is -2.38. The van der Waals surface area contributed by atoms with Crippen LogP contribution in [0.1, 0.15) is 26.7 Å². The van der Waals surface area contributed by atoms with Gasteiger partial charge in [-0.3, -0.25) is 4.79 Å². The molecule has 1 spiro atoms. The molecule has 8 nitrogen and oxygen atoms in total. The molecule has 1 aromatic rings. The summed E-state index contributed by atoms with van der Waals surface area (Å²) in [6.45, 7) is 6.17. The van der Waals surface area contributed by atoms with Crippen LogP contribution in [0.2, 0.25) is 0 Å². The number of rotatable bonds is 5. The highest BCUT2D eigenvalue weighted by atomic mass is 16.7. The lowest BCUT2D eigenvalue weighted by Gasteiger charge is -2.22. The summed E-state index contributed by atoms with van der Waals surface area (Å²) in [6.07, 6.45) is 2.80. The number of nitrogens with one attached hydrogen (secondary N) is 1. The molecule has 0 saturated carbocycles. The summed E-state index contributed by atoms with van der Waals surface area (Å²) in [4.78, 5) is 28.2. The highest BCUT2D eigenvalue weighted by molar-refractivity contribution is 6.39. The van der Waals surface area contributed by atoms with Gasteiger partial charge in [-0.25, -0.2) is 9.97 Å². The van der Waals surface area contributed by atoms with E-state index in [0.29, 0.717) is 37.0 Å². The average molecular weight is 333 g/mol. The van der Waals surface area contributed by atoms with Crippen molar-refractivity contribution >= 4 is 17.4 Å². The van der Waals surface area contributed by atoms with Crippen LogP contribution in [0.25, 0.3) is 0 Å². The zero-order valence-electron chi connectivity index (χ0n) is 14.3. The average Bonchev–Trinajstić information content (AvgIpc) is 3.20. The Balaban J connectivity index is 1.61. The quantitative estimate of drug-likeness (QED) is 0.864. The van der Waals surface area contributed by atoms with Gasteiger partial charge in [0.15, 0.2) is 5.60 Å². The van der Waals surface area contributed by atoms with Crippen molar-refractivity contribution in [3.63, 3.8) is 0 Å². The summed E-state index contributed by atoms with van der Waals surface area (Å²) in [5.41, 5.74) is 0.0284. The number of hydrogen-bond acceptors (Lipinski definition) is 7. The topological polar surface area (TPSA) is 88.9 Å². The molecule has 0 aliphatic carbocycles. The second kappa shape index (κ2) is 6.62. The fourth-order valence-corrected chi connectivity index (χ4v) is 2.92. The Kier molecular flexibility index (Phi) is 4.55. The maximum absolute atomic E-state index is 12.2. The molecule has 1 amide bonds. The maximum Gasteiger partial charge on any atom is 0.269 e. The van der Waals surface area contributed by atoms with Crippen LogP contribution in [0.5, 0.6) is 5.88 Å². The molecule has 1 unspecified atom stereocenters. The molecule has 3 heterocycles. The highest BCUT2D eigenvalue weighted by Gasteiger charge is 2.47. The van der Waals surface area contributed by atoms with Gasteiger partial charge < -0.3 is 19.8 Å². The van der Waals surface area contributed by atoms with Gasteiger partial charge in [0.1, 0.15) is 17.9 Å². The van der Waals surface area contributed by atoms with Crippen LogP contribution in [0, 0.1) is 5.92 Å². The van der Waals surface area contributed by atoms with Gasteiger partial charge >= 0.3 is 0 Å². The van der Waals surface area contributed by atoms with Crippen molar-refractivity contribution in [1.29, 1.82) is 0 Å². The second-order valence-electron chi connectivity index (χ2n) is 6.68. The van der Waals surface area contributed by atoms with Crippen molar-refractivity contribution in [2.75, 3.05) is 31.6 Å². The number of hydrogen-bond donors (Lipinski definition) is 1. The van der Waals surface area contributed by atoms with Gasteiger partial charge in [-0.2, -0.15) is 0 Å². The zero-order chi connectivity index (χ0) is 17.2. The van der Waals surface area contributed by atoms with E-state index in [1.165, 1.54) is 6.33 Å². The van der Waals surface area contributed by atoms with Crippen molar-refractivity contribution in [3.05, 3.63) is 12.4 Å². The van der Waals surface area contributed by atoms with Crippen molar-refractivity contribution in [3.8, 4) is 5.88 Å². The normalized spacial score (nSPS) is 22.7. The molecule has 0 radical (unpaired) electrons. The molecule has 1 N–H and O–H groups in total. The summed E-state index contributed by atoms with van der Waals surface area (Å²) in [5, 5.41) is 6.92. The number of methoxy groups -OCH3 is 1. The van der Waals surface area contributed by atoms with E-state index in [-0.39, 0.29) is 5.91 Å². The van der Waals surface area contributed by atoms with Crippen molar-refractivity contribution in [2.45, 2.75) is 32.3 Å². The smallest absolute Gasteiger partial charge is 0.269 e. The first kappa shape index (κ1) is 16.5. The molecule has 2 aliphatic rings. The fraction of sp³-hybridized carbons (Fsp3) is 0.625. The van der Waals surface area contributed by atoms with E-state index in [4.69, 9.17) is 9.57 Å².